The molecule has 0 bridgehead atoms. The number of benzene rings is 1. The van der Waals surface area contributed by atoms with Crippen LogP contribution < -0.4 is 0 Å². The van der Waals surface area contributed by atoms with E-state index in [1.165, 1.54) is 36.0 Å². The molecule has 3 nitrogen and oxygen atoms in total. The summed E-state index contributed by atoms with van der Waals surface area (Å²) in [6.45, 7) is 6.21. The van der Waals surface area contributed by atoms with Gasteiger partial charge in [0.1, 0.15) is 0 Å². The number of aliphatic hydroxyl groups is 1. The lowest BCUT2D eigenvalue weighted by molar-refractivity contribution is -0.134. The highest BCUT2D eigenvalue weighted by atomic mass is 16.3. The highest BCUT2D eigenvalue weighted by Crippen LogP contribution is 2.33. The van der Waals surface area contributed by atoms with E-state index in [9.17, 15) is 9.90 Å². The number of fused-ring (bicyclic) bond motifs is 1. The summed E-state index contributed by atoms with van der Waals surface area (Å²) in [7, 11) is 0. The highest BCUT2D eigenvalue weighted by molar-refractivity contribution is 5.77. The van der Waals surface area contributed by atoms with Gasteiger partial charge >= 0.3 is 0 Å². The van der Waals surface area contributed by atoms with Crippen molar-refractivity contribution in [2.45, 2.75) is 58.3 Å². The Hall–Kier alpha value is -1.35. The molecular formula is C21H31NO2. The average Bonchev–Trinajstić information content (AvgIpc) is 3.06. The summed E-state index contributed by atoms with van der Waals surface area (Å²) in [5.74, 6) is 1.26. The van der Waals surface area contributed by atoms with Gasteiger partial charge in [-0.3, -0.25) is 4.79 Å². The second-order valence-electron chi connectivity index (χ2n) is 7.97. The number of amides is 1. The van der Waals surface area contributed by atoms with Crippen LogP contribution in [0.3, 0.4) is 0 Å². The summed E-state index contributed by atoms with van der Waals surface area (Å²) in [4.78, 5) is 14.8. The van der Waals surface area contributed by atoms with Crippen LogP contribution in [0.1, 0.15) is 62.1 Å². The number of aryl methyl sites for hydroxylation is 2. The molecule has 1 amide bonds. The third kappa shape index (κ3) is 3.83. The van der Waals surface area contributed by atoms with Gasteiger partial charge in [-0.05, 0) is 66.5 Å². The van der Waals surface area contributed by atoms with Crippen LogP contribution in [0.4, 0.5) is 0 Å². The molecule has 1 aromatic carbocycles. The van der Waals surface area contributed by atoms with Crippen LogP contribution in [-0.4, -0.2) is 35.6 Å². The number of carbonyl (C=O) groups is 1. The van der Waals surface area contributed by atoms with E-state index in [2.05, 4.69) is 32.0 Å². The fourth-order valence-corrected chi connectivity index (χ4v) is 4.32. The number of hydrogen-bond donors (Lipinski definition) is 1. The molecule has 0 radical (unpaired) electrons. The number of carbonyl (C=O) groups excluding carboxylic acids is 1. The molecule has 1 aliphatic carbocycles. The van der Waals surface area contributed by atoms with Gasteiger partial charge in [0.15, 0.2) is 0 Å². The van der Waals surface area contributed by atoms with Crippen molar-refractivity contribution in [3.8, 4) is 0 Å². The molecule has 1 aliphatic heterocycles. The fraction of sp³-hybridized carbons (Fsp3) is 0.667. The van der Waals surface area contributed by atoms with Crippen molar-refractivity contribution in [1.29, 1.82) is 0 Å². The summed E-state index contributed by atoms with van der Waals surface area (Å²) in [6.07, 6.45) is 6.30. The lowest BCUT2D eigenvalue weighted by Crippen LogP contribution is -2.41. The van der Waals surface area contributed by atoms with Gasteiger partial charge in [0.25, 0.3) is 0 Å². The Morgan fingerprint density at radius 2 is 2.04 bits per heavy atom. The van der Waals surface area contributed by atoms with Gasteiger partial charge in [-0.25, -0.2) is 0 Å². The zero-order valence-corrected chi connectivity index (χ0v) is 15.1. The van der Waals surface area contributed by atoms with Gasteiger partial charge < -0.3 is 10.0 Å². The van der Waals surface area contributed by atoms with Crippen molar-refractivity contribution < 1.29 is 9.90 Å². The molecule has 2 aliphatic rings. The largest absolute Gasteiger partial charge is 0.396 e. The van der Waals surface area contributed by atoms with Gasteiger partial charge in [0.2, 0.25) is 5.91 Å². The minimum atomic E-state index is 0.197. The number of likely N-dealkylation sites (tertiary alicyclic amines) is 1. The second-order valence-corrected chi connectivity index (χ2v) is 7.97. The molecule has 2 atom stereocenters. The van der Waals surface area contributed by atoms with Crippen LogP contribution in [-0.2, 0) is 17.6 Å². The van der Waals surface area contributed by atoms with Crippen LogP contribution in [0.15, 0.2) is 18.2 Å². The fourth-order valence-electron chi connectivity index (χ4n) is 4.32. The van der Waals surface area contributed by atoms with Gasteiger partial charge in [-0.15, -0.1) is 0 Å². The highest BCUT2D eigenvalue weighted by Gasteiger charge is 2.27. The summed E-state index contributed by atoms with van der Waals surface area (Å²) < 4.78 is 0. The van der Waals surface area contributed by atoms with Crippen molar-refractivity contribution in [3.05, 3.63) is 34.9 Å². The first-order chi connectivity index (χ1) is 11.6. The quantitative estimate of drug-likeness (QED) is 0.897. The number of aliphatic hydroxyl groups excluding tert-OH is 1. The molecule has 3 heteroatoms. The van der Waals surface area contributed by atoms with E-state index in [0.717, 1.165) is 25.9 Å². The summed E-state index contributed by atoms with van der Waals surface area (Å²) in [5.41, 5.74) is 4.31. The SMILES string of the molecule is CC(C)C(CC(=O)N1CCCC(CO)C1)c1ccc2c(c1)CCC2. The smallest absolute Gasteiger partial charge is 0.223 e. The number of rotatable bonds is 5. The van der Waals surface area contributed by atoms with E-state index in [-0.39, 0.29) is 24.3 Å². The topological polar surface area (TPSA) is 40.5 Å². The third-order valence-corrected chi connectivity index (χ3v) is 5.88. The molecular weight excluding hydrogens is 298 g/mol. The Labute approximate surface area is 146 Å². The predicted octanol–water partition coefficient (Wildman–Crippen LogP) is 3.54. The maximum Gasteiger partial charge on any atom is 0.223 e. The lowest BCUT2D eigenvalue weighted by Gasteiger charge is -2.33. The van der Waals surface area contributed by atoms with Crippen LogP contribution in [0, 0.1) is 11.8 Å². The maximum absolute atomic E-state index is 12.8. The minimum Gasteiger partial charge on any atom is -0.396 e. The van der Waals surface area contributed by atoms with Gasteiger partial charge in [0, 0.05) is 26.1 Å². The first kappa shape index (κ1) is 17.5. The monoisotopic (exact) mass is 329 g/mol. The molecule has 0 saturated carbocycles. The number of piperidine rings is 1. The van der Waals surface area contributed by atoms with E-state index in [1.54, 1.807) is 0 Å². The molecule has 3 rings (SSSR count). The minimum absolute atomic E-state index is 0.197. The van der Waals surface area contributed by atoms with Gasteiger partial charge in [-0.1, -0.05) is 32.0 Å². The Morgan fingerprint density at radius 1 is 1.25 bits per heavy atom. The molecule has 24 heavy (non-hydrogen) atoms. The van der Waals surface area contributed by atoms with Crippen molar-refractivity contribution >= 4 is 5.91 Å². The Morgan fingerprint density at radius 3 is 2.79 bits per heavy atom. The Balaban J connectivity index is 1.71. The molecule has 1 aromatic rings. The van der Waals surface area contributed by atoms with Crippen molar-refractivity contribution in [2.75, 3.05) is 19.7 Å². The second kappa shape index (κ2) is 7.69. The first-order valence-corrected chi connectivity index (χ1v) is 9.58. The van der Waals surface area contributed by atoms with Crippen molar-refractivity contribution in [2.24, 2.45) is 11.8 Å². The summed E-state index contributed by atoms with van der Waals surface area (Å²) in [5, 5.41) is 9.39. The summed E-state index contributed by atoms with van der Waals surface area (Å²) >= 11 is 0. The molecule has 2 unspecified atom stereocenters. The number of hydrogen-bond acceptors (Lipinski definition) is 2. The van der Waals surface area contributed by atoms with Crippen LogP contribution in [0.2, 0.25) is 0 Å². The van der Waals surface area contributed by atoms with Gasteiger partial charge in [-0.2, -0.15) is 0 Å². The summed E-state index contributed by atoms with van der Waals surface area (Å²) in [6, 6.07) is 6.88. The first-order valence-electron chi connectivity index (χ1n) is 9.58. The van der Waals surface area contributed by atoms with Crippen LogP contribution in [0.5, 0.6) is 0 Å². The number of nitrogens with zero attached hydrogens (tertiary/aromatic N) is 1. The standard InChI is InChI=1S/C21H31NO2/c1-15(2)20(19-9-8-17-6-3-7-18(17)11-19)12-21(24)22-10-4-5-16(13-22)14-23/h8-9,11,15-16,20,23H,3-7,10,12-14H2,1-2H3. The zero-order valence-electron chi connectivity index (χ0n) is 15.1. The van der Waals surface area contributed by atoms with Gasteiger partial charge in [0.05, 0.1) is 0 Å². The lowest BCUT2D eigenvalue weighted by atomic mass is 9.84. The van der Waals surface area contributed by atoms with Crippen molar-refractivity contribution in [3.63, 3.8) is 0 Å². The molecule has 1 N–H and O–H groups in total. The Kier molecular flexibility index (Phi) is 5.60. The van der Waals surface area contributed by atoms with E-state index >= 15 is 0 Å². The maximum atomic E-state index is 12.8. The molecule has 0 spiro atoms. The van der Waals surface area contributed by atoms with Crippen LogP contribution in [0.25, 0.3) is 0 Å². The molecule has 132 valence electrons. The van der Waals surface area contributed by atoms with E-state index in [1.807, 2.05) is 4.90 Å². The normalized spacial score (nSPS) is 21.8. The van der Waals surface area contributed by atoms with Crippen molar-refractivity contribution in [1.82, 2.24) is 4.90 Å². The molecule has 1 heterocycles. The average molecular weight is 329 g/mol. The van der Waals surface area contributed by atoms with E-state index in [4.69, 9.17) is 0 Å². The third-order valence-electron chi connectivity index (χ3n) is 5.88. The molecule has 1 saturated heterocycles. The van der Waals surface area contributed by atoms with Crippen LogP contribution >= 0.6 is 0 Å². The Bertz CT molecular complexity index is 581. The predicted molar refractivity (Wildman–Crippen MR) is 97.1 cm³/mol. The van der Waals surface area contributed by atoms with E-state index < -0.39 is 0 Å². The molecule has 0 aromatic heterocycles. The van der Waals surface area contributed by atoms with E-state index in [0.29, 0.717) is 12.3 Å². The molecule has 1 fully saturated rings. The zero-order chi connectivity index (χ0) is 17.1.